The van der Waals surface area contributed by atoms with Crippen molar-refractivity contribution in [2.45, 2.75) is 38.7 Å². The van der Waals surface area contributed by atoms with Crippen molar-refractivity contribution in [1.29, 1.82) is 0 Å². The van der Waals surface area contributed by atoms with Crippen LogP contribution in [-0.2, 0) is 6.42 Å². The Balaban J connectivity index is 1.93. The molecule has 0 aliphatic carbocycles. The molecule has 0 saturated heterocycles. The summed E-state index contributed by atoms with van der Waals surface area (Å²) >= 11 is 0. The maximum atomic E-state index is 13.1. The Kier molecular flexibility index (Phi) is 3.81. The fourth-order valence-electron chi connectivity index (χ4n) is 3.40. The smallest absolute Gasteiger partial charge is 0.263 e. The van der Waals surface area contributed by atoms with Gasteiger partial charge < -0.3 is 4.74 Å². The summed E-state index contributed by atoms with van der Waals surface area (Å²) in [6.45, 7) is 2.17. The quantitative estimate of drug-likeness (QED) is 0.733. The first-order valence-corrected chi connectivity index (χ1v) is 8.54. The Morgan fingerprint density at radius 2 is 2.04 bits per heavy atom. The molecule has 1 unspecified atom stereocenters. The summed E-state index contributed by atoms with van der Waals surface area (Å²) in [5, 5.41) is 0.912. The van der Waals surface area contributed by atoms with E-state index in [-0.39, 0.29) is 11.7 Å². The van der Waals surface area contributed by atoms with Crippen LogP contribution in [-0.4, -0.2) is 15.7 Å². The fourth-order valence-corrected chi connectivity index (χ4v) is 3.40. The van der Waals surface area contributed by atoms with Gasteiger partial charge in [0.1, 0.15) is 11.9 Å². The summed E-state index contributed by atoms with van der Waals surface area (Å²) in [6, 6.07) is 13.6. The zero-order valence-corrected chi connectivity index (χ0v) is 13.7. The second kappa shape index (κ2) is 6.11. The number of aromatic nitrogens is 2. The molecule has 0 bridgehead atoms. The first kappa shape index (κ1) is 14.9. The highest BCUT2D eigenvalue weighted by atomic mass is 16.5. The van der Waals surface area contributed by atoms with Crippen molar-refractivity contribution >= 4 is 11.0 Å². The molecule has 0 radical (unpaired) electrons. The molecule has 0 fully saturated rings. The van der Waals surface area contributed by atoms with Crippen molar-refractivity contribution in [2.75, 3.05) is 0 Å². The van der Waals surface area contributed by atoms with E-state index < -0.39 is 0 Å². The number of pyridine rings is 2. The van der Waals surface area contributed by atoms with Gasteiger partial charge in [0.25, 0.3) is 5.56 Å². The number of benzene rings is 1. The highest BCUT2D eigenvalue weighted by Crippen LogP contribution is 2.35. The molecular weight excluding hydrogens is 300 g/mol. The minimum atomic E-state index is -0.0126. The fraction of sp³-hybridized carbons (Fsp3) is 0.300. The maximum absolute atomic E-state index is 13.1. The molecule has 4 nitrogen and oxygen atoms in total. The van der Waals surface area contributed by atoms with Gasteiger partial charge in [0, 0.05) is 12.6 Å². The highest BCUT2D eigenvalue weighted by molar-refractivity contribution is 5.85. The van der Waals surface area contributed by atoms with Gasteiger partial charge >= 0.3 is 0 Å². The molecule has 2 aromatic heterocycles. The van der Waals surface area contributed by atoms with Crippen LogP contribution >= 0.6 is 0 Å². The molecule has 1 atom stereocenters. The lowest BCUT2D eigenvalue weighted by Crippen LogP contribution is -2.23. The molecule has 1 aliphatic rings. The van der Waals surface area contributed by atoms with Gasteiger partial charge in [-0.1, -0.05) is 38.0 Å². The Hall–Kier alpha value is -2.62. The lowest BCUT2D eigenvalue weighted by Gasteiger charge is -2.13. The molecule has 0 N–H and O–H groups in total. The van der Waals surface area contributed by atoms with E-state index in [0.29, 0.717) is 12.1 Å². The van der Waals surface area contributed by atoms with Crippen molar-refractivity contribution in [1.82, 2.24) is 9.55 Å². The van der Waals surface area contributed by atoms with Crippen molar-refractivity contribution in [3.05, 3.63) is 64.6 Å². The van der Waals surface area contributed by atoms with Gasteiger partial charge in [0.05, 0.1) is 16.6 Å². The molecule has 122 valence electrons. The van der Waals surface area contributed by atoms with Crippen LogP contribution in [0.25, 0.3) is 16.7 Å². The van der Waals surface area contributed by atoms with Crippen LogP contribution in [0, 0.1) is 0 Å². The SMILES string of the molecule is CCCCC1Cc2c(c3cccnc3n(-c3ccccc3)c2=O)O1. The topological polar surface area (TPSA) is 44.1 Å². The second-order valence-electron chi connectivity index (χ2n) is 6.24. The third-order valence-corrected chi connectivity index (χ3v) is 4.59. The Bertz CT molecular complexity index is 932. The molecule has 1 aliphatic heterocycles. The molecule has 4 heteroatoms. The first-order valence-electron chi connectivity index (χ1n) is 8.54. The Morgan fingerprint density at radius 1 is 1.21 bits per heavy atom. The van der Waals surface area contributed by atoms with Crippen LogP contribution in [0.2, 0.25) is 0 Å². The normalized spacial score (nSPS) is 16.1. The number of hydrogen-bond donors (Lipinski definition) is 0. The van der Waals surface area contributed by atoms with Crippen LogP contribution in [0.1, 0.15) is 31.7 Å². The number of rotatable bonds is 4. The highest BCUT2D eigenvalue weighted by Gasteiger charge is 2.29. The molecule has 24 heavy (non-hydrogen) atoms. The summed E-state index contributed by atoms with van der Waals surface area (Å²) in [4.78, 5) is 17.6. The van der Waals surface area contributed by atoms with Crippen LogP contribution in [0.4, 0.5) is 0 Å². The maximum Gasteiger partial charge on any atom is 0.263 e. The minimum absolute atomic E-state index is 0.0126. The summed E-state index contributed by atoms with van der Waals surface area (Å²) in [5.74, 6) is 0.733. The standard InChI is InChI=1S/C20H20N2O2/c1-2-3-10-15-13-17-18(24-15)16-11-7-12-21-19(16)22(20(17)23)14-8-5-4-6-9-14/h4-9,11-12,15H,2-3,10,13H2,1H3. The van der Waals surface area contributed by atoms with E-state index in [9.17, 15) is 4.79 Å². The van der Waals surface area contributed by atoms with Gasteiger partial charge in [-0.15, -0.1) is 0 Å². The predicted octanol–water partition coefficient (Wildman–Crippen LogP) is 3.88. The minimum Gasteiger partial charge on any atom is -0.489 e. The van der Waals surface area contributed by atoms with E-state index >= 15 is 0 Å². The molecule has 1 aromatic carbocycles. The average Bonchev–Trinajstić information content (AvgIpc) is 3.06. The molecule has 0 amide bonds. The number of fused-ring (bicyclic) bond motifs is 3. The second-order valence-corrected chi connectivity index (χ2v) is 6.24. The number of ether oxygens (including phenoxy) is 1. The summed E-state index contributed by atoms with van der Waals surface area (Å²) in [6.07, 6.45) is 5.73. The van der Waals surface area contributed by atoms with Crippen molar-refractivity contribution in [3.63, 3.8) is 0 Å². The summed E-state index contributed by atoms with van der Waals surface area (Å²) in [5.41, 5.74) is 2.26. The van der Waals surface area contributed by atoms with Gasteiger partial charge in [-0.25, -0.2) is 4.98 Å². The molecule has 3 heterocycles. The van der Waals surface area contributed by atoms with Crippen molar-refractivity contribution in [3.8, 4) is 11.4 Å². The largest absolute Gasteiger partial charge is 0.489 e. The number of nitrogens with zero attached hydrogens (tertiary/aromatic N) is 2. The molecule has 0 saturated carbocycles. The van der Waals surface area contributed by atoms with Crippen LogP contribution < -0.4 is 10.3 Å². The number of hydrogen-bond acceptors (Lipinski definition) is 3. The lowest BCUT2D eigenvalue weighted by molar-refractivity contribution is 0.219. The van der Waals surface area contributed by atoms with E-state index in [1.807, 2.05) is 42.5 Å². The van der Waals surface area contributed by atoms with Crippen LogP contribution in [0.5, 0.6) is 5.75 Å². The Morgan fingerprint density at radius 3 is 2.83 bits per heavy atom. The van der Waals surface area contributed by atoms with Gasteiger partial charge in [-0.05, 0) is 30.7 Å². The monoisotopic (exact) mass is 320 g/mol. The van der Waals surface area contributed by atoms with Crippen molar-refractivity contribution in [2.24, 2.45) is 0 Å². The van der Waals surface area contributed by atoms with E-state index in [1.54, 1.807) is 10.8 Å². The lowest BCUT2D eigenvalue weighted by atomic mass is 10.1. The third-order valence-electron chi connectivity index (χ3n) is 4.59. The van der Waals surface area contributed by atoms with Gasteiger partial charge in [-0.2, -0.15) is 0 Å². The van der Waals surface area contributed by atoms with Crippen LogP contribution in [0.15, 0.2) is 53.5 Å². The number of unbranched alkanes of at least 4 members (excludes halogenated alkanes) is 1. The zero-order chi connectivity index (χ0) is 16.5. The number of para-hydroxylation sites is 1. The van der Waals surface area contributed by atoms with Gasteiger partial charge in [-0.3, -0.25) is 9.36 Å². The van der Waals surface area contributed by atoms with Crippen molar-refractivity contribution < 1.29 is 4.74 Å². The van der Waals surface area contributed by atoms with Gasteiger partial charge in [0.2, 0.25) is 0 Å². The Labute approximate surface area is 140 Å². The molecule has 3 aromatic rings. The molecule has 4 rings (SSSR count). The molecular formula is C20H20N2O2. The van der Waals surface area contributed by atoms with Gasteiger partial charge in [0.15, 0.2) is 5.65 Å². The summed E-state index contributed by atoms with van der Waals surface area (Å²) in [7, 11) is 0. The molecule has 0 spiro atoms. The van der Waals surface area contributed by atoms with Crippen LogP contribution in [0.3, 0.4) is 0 Å². The predicted molar refractivity (Wildman–Crippen MR) is 95.0 cm³/mol. The summed E-state index contributed by atoms with van der Waals surface area (Å²) < 4.78 is 7.85. The van der Waals surface area contributed by atoms with E-state index in [1.165, 1.54) is 0 Å². The first-order chi connectivity index (χ1) is 11.8. The van der Waals surface area contributed by atoms with E-state index in [4.69, 9.17) is 4.74 Å². The van der Waals surface area contributed by atoms with E-state index in [2.05, 4.69) is 11.9 Å². The zero-order valence-electron chi connectivity index (χ0n) is 13.7. The third kappa shape index (κ3) is 2.39. The van der Waals surface area contributed by atoms with E-state index in [0.717, 1.165) is 41.6 Å². The average molecular weight is 320 g/mol.